The highest BCUT2D eigenvalue weighted by Gasteiger charge is 2.74. The van der Waals surface area contributed by atoms with E-state index in [0.717, 1.165) is 48.7 Å². The number of alkyl halides is 3. The molecule has 11 heteroatoms. The standard InChI is InChI=1S/C33H30F3N3O5/c34-33(35,36)43-27-4-2-1-3-23(27)28-24(29(44-39-28)17-5-6-17)16-42-22-12-20-9-10-32(20)25(14-22)30(32)38-21-8-7-18-11-19(31(40)41)15-37-26(18)13-21/h1-4,7-8,11,13,15,17,20,22,25,30,38H,5-6,9-10,12,14,16H2,(H,40,41)/t20-,22?,25?,30+,32?/m0/s1. The zero-order valence-corrected chi connectivity index (χ0v) is 23.6. The van der Waals surface area contributed by atoms with Crippen LogP contribution in [0.15, 0.2) is 59.3 Å². The van der Waals surface area contributed by atoms with Gasteiger partial charge in [0.25, 0.3) is 0 Å². The molecule has 8 rings (SSSR count). The Morgan fingerprint density at radius 2 is 1.95 bits per heavy atom. The van der Waals surface area contributed by atoms with Gasteiger partial charge in [-0.15, -0.1) is 13.2 Å². The van der Waals surface area contributed by atoms with Gasteiger partial charge in [0.15, 0.2) is 0 Å². The fourth-order valence-electron chi connectivity index (χ4n) is 7.80. The summed E-state index contributed by atoms with van der Waals surface area (Å²) in [5.74, 6) is 0.601. The fourth-order valence-corrected chi connectivity index (χ4v) is 7.80. The number of fused-ring (bicyclic) bond motifs is 1. The van der Waals surface area contributed by atoms with Gasteiger partial charge in [0.05, 0.1) is 23.8 Å². The number of para-hydroxylation sites is 1. The molecule has 4 aromatic rings. The van der Waals surface area contributed by atoms with Crippen molar-refractivity contribution in [3.8, 4) is 17.0 Å². The van der Waals surface area contributed by atoms with E-state index in [2.05, 4.69) is 20.2 Å². The zero-order valence-electron chi connectivity index (χ0n) is 23.6. The molecular weight excluding hydrogens is 575 g/mol. The Hall–Kier alpha value is -4.12. The third kappa shape index (κ3) is 4.68. The van der Waals surface area contributed by atoms with Crippen LogP contribution in [0.2, 0.25) is 0 Å². The Morgan fingerprint density at radius 3 is 2.70 bits per heavy atom. The number of carboxylic acid groups (broad SMARTS) is 1. The van der Waals surface area contributed by atoms with Crippen molar-refractivity contribution in [3.05, 3.63) is 71.6 Å². The van der Waals surface area contributed by atoms with Crippen LogP contribution in [0.5, 0.6) is 5.75 Å². The van der Waals surface area contributed by atoms with Crippen LogP contribution < -0.4 is 10.1 Å². The van der Waals surface area contributed by atoms with Crippen molar-refractivity contribution in [1.82, 2.24) is 10.1 Å². The van der Waals surface area contributed by atoms with Crippen LogP contribution in [0.1, 0.15) is 66.1 Å². The minimum atomic E-state index is -4.82. The van der Waals surface area contributed by atoms with Crippen LogP contribution >= 0.6 is 0 Å². The molecule has 228 valence electrons. The number of ether oxygens (including phenoxy) is 2. The third-order valence-electron chi connectivity index (χ3n) is 10.2. The summed E-state index contributed by atoms with van der Waals surface area (Å²) >= 11 is 0. The van der Waals surface area contributed by atoms with E-state index in [1.54, 1.807) is 18.2 Å². The van der Waals surface area contributed by atoms with Crippen LogP contribution in [0, 0.1) is 17.3 Å². The number of hydrogen-bond acceptors (Lipinski definition) is 7. The van der Waals surface area contributed by atoms with E-state index in [4.69, 9.17) is 9.26 Å². The van der Waals surface area contributed by atoms with Crippen LogP contribution in [-0.2, 0) is 11.3 Å². The molecule has 4 fully saturated rings. The van der Waals surface area contributed by atoms with Gasteiger partial charge < -0.3 is 24.4 Å². The second-order valence-corrected chi connectivity index (χ2v) is 12.6. The lowest BCUT2D eigenvalue weighted by Crippen LogP contribution is -2.39. The number of pyridine rings is 1. The van der Waals surface area contributed by atoms with Gasteiger partial charge in [-0.25, -0.2) is 4.79 Å². The molecule has 0 aliphatic heterocycles. The number of carboxylic acids is 1. The number of carbonyl (C=O) groups is 1. The number of rotatable bonds is 9. The maximum Gasteiger partial charge on any atom is 0.573 e. The Labute approximate surface area is 250 Å². The van der Waals surface area contributed by atoms with E-state index in [9.17, 15) is 23.1 Å². The Bertz CT molecular complexity index is 1770. The van der Waals surface area contributed by atoms with Gasteiger partial charge in [0.1, 0.15) is 17.2 Å². The highest BCUT2D eigenvalue weighted by molar-refractivity contribution is 5.93. The van der Waals surface area contributed by atoms with Crippen LogP contribution in [0.4, 0.5) is 18.9 Å². The van der Waals surface area contributed by atoms with E-state index in [0.29, 0.717) is 34.9 Å². The number of aromatic nitrogens is 2. The molecule has 2 heterocycles. The second-order valence-electron chi connectivity index (χ2n) is 12.6. The highest BCUT2D eigenvalue weighted by atomic mass is 19.4. The Morgan fingerprint density at radius 1 is 1.11 bits per heavy atom. The van der Waals surface area contributed by atoms with Gasteiger partial charge >= 0.3 is 12.3 Å². The van der Waals surface area contributed by atoms with Gasteiger partial charge in [-0.2, -0.15) is 0 Å². The van der Waals surface area contributed by atoms with Crippen molar-refractivity contribution < 1.29 is 37.1 Å². The van der Waals surface area contributed by atoms with Crippen molar-refractivity contribution in [2.45, 2.75) is 69.6 Å². The highest BCUT2D eigenvalue weighted by Crippen LogP contribution is 2.74. The lowest BCUT2D eigenvalue weighted by atomic mass is 9.62. The molecular formula is C33H30F3N3O5. The SMILES string of the molecule is O=C(O)c1cnc2cc(N[C@@H]3C4CC(OCc5c(-c6ccccc6OC(F)(F)F)noc5C5CC5)C[C@@H]5CCC453)ccc2c1. The molecule has 1 spiro atoms. The molecule has 2 N–H and O–H groups in total. The molecule has 4 aliphatic carbocycles. The molecule has 4 saturated carbocycles. The lowest BCUT2D eigenvalue weighted by molar-refractivity contribution is -0.274. The van der Waals surface area contributed by atoms with Crippen LogP contribution in [-0.4, -0.2) is 39.7 Å². The third-order valence-corrected chi connectivity index (χ3v) is 10.2. The quantitative estimate of drug-likeness (QED) is 0.201. The van der Waals surface area contributed by atoms with Gasteiger partial charge in [-0.3, -0.25) is 4.98 Å². The minimum absolute atomic E-state index is 0.0226. The number of nitrogens with zero attached hydrogens (tertiary/aromatic N) is 2. The largest absolute Gasteiger partial charge is 0.573 e. The fraction of sp³-hybridized carbons (Fsp3) is 0.424. The molecule has 8 nitrogen and oxygen atoms in total. The summed E-state index contributed by atoms with van der Waals surface area (Å²) in [7, 11) is 0. The molecule has 0 amide bonds. The van der Waals surface area contributed by atoms with Gasteiger partial charge in [-0.05, 0) is 86.1 Å². The molecule has 44 heavy (non-hydrogen) atoms. The van der Waals surface area contributed by atoms with Crippen molar-refractivity contribution in [2.75, 3.05) is 5.32 Å². The summed E-state index contributed by atoms with van der Waals surface area (Å²) in [5, 5.41) is 18.0. The zero-order chi connectivity index (χ0) is 30.2. The number of halogens is 3. The molecule has 5 atom stereocenters. The summed E-state index contributed by atoms with van der Waals surface area (Å²) < 4.78 is 56.0. The van der Waals surface area contributed by atoms with Gasteiger partial charge in [0.2, 0.25) is 0 Å². The van der Waals surface area contributed by atoms with E-state index in [-0.39, 0.29) is 40.9 Å². The van der Waals surface area contributed by atoms with E-state index in [1.165, 1.54) is 24.8 Å². The summed E-state index contributed by atoms with van der Waals surface area (Å²) in [5.41, 5.74) is 3.42. The monoisotopic (exact) mass is 605 g/mol. The van der Waals surface area contributed by atoms with Crippen molar-refractivity contribution in [2.24, 2.45) is 17.3 Å². The molecule has 3 unspecified atom stereocenters. The first-order chi connectivity index (χ1) is 21.2. The molecule has 0 saturated heterocycles. The number of aromatic carboxylic acids is 1. The van der Waals surface area contributed by atoms with Crippen molar-refractivity contribution in [3.63, 3.8) is 0 Å². The topological polar surface area (TPSA) is 107 Å². The normalized spacial score (nSPS) is 27.2. The van der Waals surface area contributed by atoms with E-state index < -0.39 is 12.3 Å². The summed E-state index contributed by atoms with van der Waals surface area (Å²) in [6.45, 7) is 0.217. The summed E-state index contributed by atoms with van der Waals surface area (Å²) in [6, 6.07) is 13.8. The van der Waals surface area contributed by atoms with E-state index in [1.807, 2.05) is 18.2 Å². The van der Waals surface area contributed by atoms with Crippen LogP contribution in [0.3, 0.4) is 0 Å². The summed E-state index contributed by atoms with van der Waals surface area (Å²) in [4.78, 5) is 15.6. The first-order valence-corrected chi connectivity index (χ1v) is 15.0. The average molecular weight is 606 g/mol. The average Bonchev–Trinajstić information content (AvgIpc) is 3.89. The van der Waals surface area contributed by atoms with Crippen LogP contribution in [0.25, 0.3) is 22.2 Å². The smallest absolute Gasteiger partial charge is 0.478 e. The number of benzene rings is 2. The minimum Gasteiger partial charge on any atom is -0.478 e. The van der Waals surface area contributed by atoms with Crippen molar-refractivity contribution in [1.29, 1.82) is 0 Å². The predicted octanol–water partition coefficient (Wildman–Crippen LogP) is 7.55. The molecule has 4 aliphatic rings. The number of nitrogens with one attached hydrogen (secondary N) is 1. The maximum atomic E-state index is 13.1. The molecule has 0 radical (unpaired) electrons. The van der Waals surface area contributed by atoms with Gasteiger partial charge in [0, 0.05) is 40.4 Å². The van der Waals surface area contributed by atoms with E-state index >= 15 is 0 Å². The van der Waals surface area contributed by atoms with Crippen molar-refractivity contribution >= 4 is 22.6 Å². The second kappa shape index (κ2) is 9.95. The Kier molecular flexibility index (Phi) is 6.20. The summed E-state index contributed by atoms with van der Waals surface area (Å²) in [6.07, 6.45) is 2.66. The lowest BCUT2D eigenvalue weighted by Gasteiger charge is -2.44. The first kappa shape index (κ1) is 27.4. The number of anilines is 1. The van der Waals surface area contributed by atoms with Gasteiger partial charge in [-0.1, -0.05) is 23.4 Å². The first-order valence-electron chi connectivity index (χ1n) is 15.0. The Balaban J connectivity index is 0.983. The molecule has 2 aromatic carbocycles. The molecule has 0 bridgehead atoms. The predicted molar refractivity (Wildman–Crippen MR) is 153 cm³/mol. The molecule has 2 aromatic heterocycles. The maximum absolute atomic E-state index is 13.1. The number of hydrogen-bond donors (Lipinski definition) is 2.